The van der Waals surface area contributed by atoms with Crippen LogP contribution in [0.4, 0.5) is 5.69 Å². The predicted molar refractivity (Wildman–Crippen MR) is 202 cm³/mol. The maximum atomic E-state index is 13.3. The van der Waals surface area contributed by atoms with E-state index in [1.165, 1.54) is 12.3 Å². The number of aromatic nitrogens is 1. The molecule has 1 aromatic heterocycles. The van der Waals surface area contributed by atoms with Crippen molar-refractivity contribution < 1.29 is 38.9 Å². The molecule has 1 saturated heterocycles. The summed E-state index contributed by atoms with van der Waals surface area (Å²) >= 11 is 1.11. The van der Waals surface area contributed by atoms with E-state index in [0.717, 1.165) is 48.4 Å². The molecule has 1 aromatic carbocycles. The summed E-state index contributed by atoms with van der Waals surface area (Å²) in [6.45, 7) is 11.3. The number of thiazole rings is 1. The molecule has 14 heteroatoms. The molecular weight excluding hydrogens is 687 g/mol. The van der Waals surface area contributed by atoms with Crippen molar-refractivity contribution in [3.63, 3.8) is 0 Å². The first-order valence-corrected chi connectivity index (χ1v) is 18.8. The Kier molecular flexibility index (Phi) is 17.4. The van der Waals surface area contributed by atoms with Gasteiger partial charge in [0.1, 0.15) is 5.01 Å². The molecule has 3 rings (SSSR count). The Morgan fingerprint density at radius 3 is 2.25 bits per heavy atom. The van der Waals surface area contributed by atoms with E-state index in [4.69, 9.17) is 15.6 Å². The molecule has 52 heavy (non-hydrogen) atoms. The fraction of sp³-hybridized carbons (Fsp3) is 0.632. The fourth-order valence-corrected chi connectivity index (χ4v) is 7.31. The molecule has 1 fully saturated rings. The molecule has 5 atom stereocenters. The van der Waals surface area contributed by atoms with Crippen molar-refractivity contribution >= 4 is 46.6 Å². The van der Waals surface area contributed by atoms with Crippen molar-refractivity contribution in [3.8, 4) is 0 Å². The SMILES string of the molecule is CC(=O)O[C@H](C[C@H](C(C)C)N(C)C(=O)[C@H](C)CC(=O)[C@H]1CCCCN1C)c1nc(C(=O)O)cs1.CNc1ccc(C[C@H](N)CC(C)(C)C(=O)O)cc1. The lowest BCUT2D eigenvalue weighted by Crippen LogP contribution is -2.46. The van der Waals surface area contributed by atoms with Crippen LogP contribution in [-0.2, 0) is 30.3 Å². The number of aromatic carboxylic acids is 1. The number of anilines is 1. The molecule has 0 bridgehead atoms. The molecule has 1 aliphatic heterocycles. The highest BCUT2D eigenvalue weighted by atomic mass is 32.1. The number of esters is 1. The minimum atomic E-state index is -1.15. The van der Waals surface area contributed by atoms with Crippen molar-refractivity contribution in [2.75, 3.05) is 33.0 Å². The average molecular weight is 746 g/mol. The van der Waals surface area contributed by atoms with Crippen LogP contribution in [0, 0.1) is 17.3 Å². The number of piperidine rings is 1. The second kappa shape index (κ2) is 20.4. The van der Waals surface area contributed by atoms with Crippen LogP contribution < -0.4 is 11.1 Å². The number of ether oxygens (including phenoxy) is 1. The van der Waals surface area contributed by atoms with Crippen molar-refractivity contribution in [1.29, 1.82) is 0 Å². The van der Waals surface area contributed by atoms with Gasteiger partial charge in [0.25, 0.3) is 0 Å². The van der Waals surface area contributed by atoms with E-state index >= 15 is 0 Å². The monoisotopic (exact) mass is 745 g/mol. The lowest BCUT2D eigenvalue weighted by molar-refractivity contribution is -0.149. The van der Waals surface area contributed by atoms with Gasteiger partial charge in [0.15, 0.2) is 17.6 Å². The van der Waals surface area contributed by atoms with E-state index in [1.54, 1.807) is 32.7 Å². The van der Waals surface area contributed by atoms with Gasteiger partial charge in [-0.15, -0.1) is 11.3 Å². The molecule has 13 nitrogen and oxygen atoms in total. The Morgan fingerprint density at radius 1 is 1.12 bits per heavy atom. The summed E-state index contributed by atoms with van der Waals surface area (Å²) in [5.74, 6) is -2.96. The summed E-state index contributed by atoms with van der Waals surface area (Å²) in [7, 11) is 5.53. The Morgan fingerprint density at radius 2 is 1.75 bits per heavy atom. The number of carbonyl (C=O) groups is 5. The number of ketones is 1. The van der Waals surface area contributed by atoms with Crippen molar-refractivity contribution in [2.24, 2.45) is 23.0 Å². The summed E-state index contributed by atoms with van der Waals surface area (Å²) in [4.78, 5) is 68.0. The molecular formula is C38H59N5O8S. The van der Waals surface area contributed by atoms with Crippen LogP contribution in [0.5, 0.6) is 0 Å². The van der Waals surface area contributed by atoms with Crippen LogP contribution in [-0.4, -0.2) is 100 Å². The summed E-state index contributed by atoms with van der Waals surface area (Å²) < 4.78 is 5.47. The van der Waals surface area contributed by atoms with E-state index in [2.05, 4.69) is 15.2 Å². The number of carboxylic acid groups (broad SMARTS) is 2. The highest BCUT2D eigenvalue weighted by Gasteiger charge is 2.34. The number of carboxylic acids is 2. The van der Waals surface area contributed by atoms with E-state index in [-0.39, 0.29) is 54.3 Å². The zero-order valence-corrected chi connectivity index (χ0v) is 33.0. The van der Waals surface area contributed by atoms with Crippen LogP contribution in [0.25, 0.3) is 0 Å². The lowest BCUT2D eigenvalue weighted by Gasteiger charge is -2.35. The van der Waals surface area contributed by atoms with E-state index in [1.807, 2.05) is 52.2 Å². The van der Waals surface area contributed by atoms with Crippen LogP contribution in [0.3, 0.4) is 0 Å². The van der Waals surface area contributed by atoms with Gasteiger partial charge in [0, 0.05) is 62.9 Å². The van der Waals surface area contributed by atoms with Gasteiger partial charge in [-0.25, -0.2) is 9.78 Å². The number of nitrogens with two attached hydrogens (primary N) is 1. The molecule has 290 valence electrons. The molecule has 5 N–H and O–H groups in total. The average Bonchev–Trinajstić information content (AvgIpc) is 3.57. The summed E-state index contributed by atoms with van der Waals surface area (Å²) in [6, 6.07) is 7.44. The summed E-state index contributed by atoms with van der Waals surface area (Å²) in [5, 5.41) is 23.1. The molecule has 1 aliphatic rings. The highest BCUT2D eigenvalue weighted by Crippen LogP contribution is 2.31. The lowest BCUT2D eigenvalue weighted by atomic mass is 9.84. The molecule has 0 radical (unpaired) electrons. The minimum Gasteiger partial charge on any atom is -0.481 e. The zero-order chi connectivity index (χ0) is 39.3. The zero-order valence-electron chi connectivity index (χ0n) is 32.2. The van der Waals surface area contributed by atoms with Crippen molar-refractivity contribution in [3.05, 3.63) is 45.9 Å². The molecule has 2 aromatic rings. The second-order valence-electron chi connectivity index (χ2n) is 14.8. The topological polar surface area (TPSA) is 192 Å². The third-order valence-electron chi connectivity index (χ3n) is 9.56. The number of hydrogen-bond acceptors (Lipinski definition) is 11. The maximum Gasteiger partial charge on any atom is 0.355 e. The van der Waals surface area contributed by atoms with Crippen LogP contribution in [0.1, 0.15) is 107 Å². The largest absolute Gasteiger partial charge is 0.481 e. The van der Waals surface area contributed by atoms with Gasteiger partial charge in [-0.2, -0.15) is 0 Å². The van der Waals surface area contributed by atoms with Gasteiger partial charge in [0.05, 0.1) is 11.5 Å². The molecule has 0 aliphatic carbocycles. The first-order valence-electron chi connectivity index (χ1n) is 17.9. The Hall–Kier alpha value is -3.88. The number of aliphatic carboxylic acids is 1. The van der Waals surface area contributed by atoms with E-state index in [9.17, 15) is 29.1 Å². The first kappa shape index (κ1) is 44.3. The summed E-state index contributed by atoms with van der Waals surface area (Å²) in [6.07, 6.45) is 3.79. The predicted octanol–water partition coefficient (Wildman–Crippen LogP) is 5.50. The van der Waals surface area contributed by atoms with Gasteiger partial charge in [-0.05, 0) is 76.7 Å². The Bertz CT molecular complexity index is 1490. The normalized spacial score (nSPS) is 17.2. The molecule has 1 amide bonds. The van der Waals surface area contributed by atoms with Gasteiger partial charge < -0.3 is 30.9 Å². The maximum absolute atomic E-state index is 13.3. The van der Waals surface area contributed by atoms with Gasteiger partial charge in [0.2, 0.25) is 5.91 Å². The standard InChI is InChI=1S/C24H37N3O6S.C14H22N2O2/c1-14(2)19(12-21(33-16(4)28)22-25-17(13-34-22)24(31)32)27(6)23(30)15(3)11-20(29)18-9-7-8-10-26(18)5;1-14(2,13(17)18)9-11(15)8-10-4-6-12(16-3)7-5-10/h13-15,18-19,21H,7-12H2,1-6H3,(H,31,32);4-7,11,16H,8-9,15H2,1-3H3,(H,17,18)/t15-,18-,19-,21-;11-/m10/s1. The first-order chi connectivity index (χ1) is 24.3. The molecule has 0 saturated carbocycles. The van der Waals surface area contributed by atoms with Crippen LogP contribution >= 0.6 is 11.3 Å². The number of amides is 1. The highest BCUT2D eigenvalue weighted by molar-refractivity contribution is 7.09. The fourth-order valence-electron chi connectivity index (χ4n) is 6.47. The number of hydrogen-bond donors (Lipinski definition) is 4. The van der Waals surface area contributed by atoms with Gasteiger partial charge in [-0.3, -0.25) is 24.1 Å². The van der Waals surface area contributed by atoms with E-state index in [0.29, 0.717) is 17.8 Å². The number of likely N-dealkylation sites (tertiary alicyclic amines) is 1. The third kappa shape index (κ3) is 13.6. The number of nitrogens with zero attached hydrogens (tertiary/aromatic N) is 3. The Labute approximate surface area is 312 Å². The van der Waals surface area contributed by atoms with Crippen molar-refractivity contribution in [2.45, 2.75) is 111 Å². The summed E-state index contributed by atoms with van der Waals surface area (Å²) in [5.41, 5.74) is 7.32. The number of rotatable bonds is 17. The smallest absolute Gasteiger partial charge is 0.355 e. The molecule has 2 heterocycles. The van der Waals surface area contributed by atoms with Crippen LogP contribution in [0.15, 0.2) is 29.6 Å². The minimum absolute atomic E-state index is 0.0262. The molecule has 0 spiro atoms. The number of carbonyl (C=O) groups excluding carboxylic acids is 3. The number of benzene rings is 1. The number of Topliss-reactive ketones (excluding diaryl/α,β-unsaturated/α-hetero) is 1. The quantitative estimate of drug-likeness (QED) is 0.149. The van der Waals surface area contributed by atoms with Gasteiger partial charge in [-0.1, -0.05) is 39.3 Å². The third-order valence-corrected chi connectivity index (χ3v) is 10.5. The van der Waals surface area contributed by atoms with Crippen LogP contribution in [0.2, 0.25) is 0 Å². The van der Waals surface area contributed by atoms with E-state index < -0.39 is 35.3 Å². The number of likely N-dealkylation sites (N-methyl/N-ethyl adjacent to an activating group) is 1. The van der Waals surface area contributed by atoms with Gasteiger partial charge >= 0.3 is 17.9 Å². The number of nitrogens with one attached hydrogen (secondary N) is 1. The second-order valence-corrected chi connectivity index (χ2v) is 15.7. The van der Waals surface area contributed by atoms with Crippen molar-refractivity contribution in [1.82, 2.24) is 14.8 Å². The Balaban J connectivity index is 0.000000437. The molecule has 0 unspecified atom stereocenters.